The second-order valence-electron chi connectivity index (χ2n) is 6.96. The van der Waals surface area contributed by atoms with Crippen molar-refractivity contribution in [3.8, 4) is 0 Å². The van der Waals surface area contributed by atoms with Crippen LogP contribution in [0.4, 0.5) is 21.8 Å². The van der Waals surface area contributed by atoms with Crippen LogP contribution in [0.5, 0.6) is 0 Å². The molecule has 2 N–H and O–H groups in total. The van der Waals surface area contributed by atoms with Crippen molar-refractivity contribution >= 4 is 23.3 Å². The minimum absolute atomic E-state index is 0.0596. The number of carbonyl (C=O) groups is 1. The van der Waals surface area contributed by atoms with Gasteiger partial charge in [0, 0.05) is 11.4 Å². The fourth-order valence-electron chi connectivity index (χ4n) is 3.48. The number of amides is 1. The molecule has 1 saturated carbocycles. The van der Waals surface area contributed by atoms with Gasteiger partial charge in [0.15, 0.2) is 0 Å². The number of rotatable bonds is 5. The first kappa shape index (κ1) is 18.2. The van der Waals surface area contributed by atoms with Crippen LogP contribution in [-0.4, -0.2) is 16.1 Å². The molecule has 2 aromatic carbocycles. The summed E-state index contributed by atoms with van der Waals surface area (Å²) in [5.74, 6) is -0.355. The highest BCUT2D eigenvalue weighted by atomic mass is 19.1. The van der Waals surface area contributed by atoms with E-state index in [1.165, 1.54) is 61.9 Å². The molecule has 6 nitrogen and oxygen atoms in total. The predicted octanol–water partition coefficient (Wildman–Crippen LogP) is 5.25. The third-order valence-corrected chi connectivity index (χ3v) is 4.96. The summed E-state index contributed by atoms with van der Waals surface area (Å²) in [7, 11) is 0. The van der Waals surface area contributed by atoms with Gasteiger partial charge in [0.1, 0.15) is 5.82 Å². The molecule has 1 fully saturated rings. The summed E-state index contributed by atoms with van der Waals surface area (Å²) >= 11 is 0. The van der Waals surface area contributed by atoms with Gasteiger partial charge in [0.05, 0.1) is 0 Å². The molecule has 1 amide bonds. The van der Waals surface area contributed by atoms with E-state index in [-0.39, 0.29) is 17.7 Å². The Hall–Kier alpha value is -3.22. The van der Waals surface area contributed by atoms with Crippen LogP contribution in [0.3, 0.4) is 0 Å². The van der Waals surface area contributed by atoms with E-state index in [0.29, 0.717) is 17.3 Å². The summed E-state index contributed by atoms with van der Waals surface area (Å²) in [6.07, 6.45) is 6.37. The highest BCUT2D eigenvalue weighted by Crippen LogP contribution is 2.33. The van der Waals surface area contributed by atoms with E-state index in [4.69, 9.17) is 4.42 Å². The Morgan fingerprint density at radius 3 is 2.32 bits per heavy atom. The maximum atomic E-state index is 12.9. The second kappa shape index (κ2) is 8.21. The highest BCUT2D eigenvalue weighted by molar-refractivity contribution is 6.00. The van der Waals surface area contributed by atoms with Gasteiger partial charge >= 0.3 is 17.8 Å². The van der Waals surface area contributed by atoms with Gasteiger partial charge in [-0.2, -0.15) is 0 Å². The van der Waals surface area contributed by atoms with E-state index >= 15 is 0 Å². The molecule has 144 valence electrons. The number of carbonyl (C=O) groups excluding carboxylic acids is 1. The number of nitrogens with one attached hydrogen (secondary N) is 2. The van der Waals surface area contributed by atoms with Gasteiger partial charge in [-0.15, -0.1) is 5.10 Å². The van der Waals surface area contributed by atoms with Crippen molar-refractivity contribution in [3.63, 3.8) is 0 Å². The molecule has 3 aromatic rings. The molecular formula is C21H21FN4O2. The Kier molecular flexibility index (Phi) is 5.32. The Balaban J connectivity index is 1.37. The van der Waals surface area contributed by atoms with Crippen LogP contribution in [-0.2, 0) is 0 Å². The van der Waals surface area contributed by atoms with E-state index in [1.807, 2.05) is 12.1 Å². The molecule has 1 heterocycles. The van der Waals surface area contributed by atoms with E-state index in [1.54, 1.807) is 0 Å². The Bertz CT molecular complexity index is 932. The number of hydrogen-bond acceptors (Lipinski definition) is 5. The van der Waals surface area contributed by atoms with Crippen LogP contribution in [0.15, 0.2) is 52.9 Å². The maximum absolute atomic E-state index is 12.9. The Morgan fingerprint density at radius 2 is 1.61 bits per heavy atom. The predicted molar refractivity (Wildman–Crippen MR) is 104 cm³/mol. The highest BCUT2D eigenvalue weighted by Gasteiger charge is 2.17. The van der Waals surface area contributed by atoms with Crippen molar-refractivity contribution in [2.75, 3.05) is 10.6 Å². The summed E-state index contributed by atoms with van der Waals surface area (Å²) in [6.45, 7) is 0. The van der Waals surface area contributed by atoms with E-state index in [9.17, 15) is 9.18 Å². The quantitative estimate of drug-likeness (QED) is 0.632. The summed E-state index contributed by atoms with van der Waals surface area (Å²) in [5.41, 5.74) is 2.58. The molecular weight excluding hydrogens is 359 g/mol. The SMILES string of the molecule is O=C(Nc1ccc(C2CCCCC2)cc1)c1nnc(Nc2ccc(F)cc2)o1. The van der Waals surface area contributed by atoms with Gasteiger partial charge in [0.25, 0.3) is 0 Å². The monoisotopic (exact) mass is 380 g/mol. The third-order valence-electron chi connectivity index (χ3n) is 4.96. The van der Waals surface area contributed by atoms with Crippen molar-refractivity contribution in [3.05, 3.63) is 65.8 Å². The number of benzene rings is 2. The lowest BCUT2D eigenvalue weighted by molar-refractivity contribution is 0.0991. The Morgan fingerprint density at radius 1 is 0.929 bits per heavy atom. The smallest absolute Gasteiger partial charge is 0.320 e. The van der Waals surface area contributed by atoms with Gasteiger partial charge in [-0.25, -0.2) is 4.39 Å². The fourth-order valence-corrected chi connectivity index (χ4v) is 3.48. The molecule has 0 bridgehead atoms. The van der Waals surface area contributed by atoms with Crippen LogP contribution < -0.4 is 10.6 Å². The van der Waals surface area contributed by atoms with Crippen LogP contribution in [0.2, 0.25) is 0 Å². The average Bonchev–Trinajstić information content (AvgIpc) is 3.20. The summed E-state index contributed by atoms with van der Waals surface area (Å²) in [5, 5.41) is 13.1. The van der Waals surface area contributed by atoms with Crippen molar-refractivity contribution < 1.29 is 13.6 Å². The lowest BCUT2D eigenvalue weighted by Gasteiger charge is -2.22. The molecule has 1 aliphatic rings. The number of anilines is 3. The number of aromatic nitrogens is 2. The van der Waals surface area contributed by atoms with E-state index in [0.717, 1.165) is 0 Å². The molecule has 0 atom stereocenters. The minimum Gasteiger partial charge on any atom is -0.399 e. The van der Waals surface area contributed by atoms with E-state index in [2.05, 4.69) is 33.0 Å². The first-order chi connectivity index (χ1) is 13.7. The molecule has 1 aromatic heterocycles. The van der Waals surface area contributed by atoms with Gasteiger partial charge in [-0.1, -0.05) is 36.5 Å². The first-order valence-corrected chi connectivity index (χ1v) is 9.45. The third kappa shape index (κ3) is 4.36. The summed E-state index contributed by atoms with van der Waals surface area (Å²) in [6, 6.07) is 13.7. The van der Waals surface area contributed by atoms with Crippen LogP contribution in [0.25, 0.3) is 0 Å². The van der Waals surface area contributed by atoms with Crippen LogP contribution in [0.1, 0.15) is 54.3 Å². The topological polar surface area (TPSA) is 80.0 Å². The maximum Gasteiger partial charge on any atom is 0.320 e. The zero-order valence-corrected chi connectivity index (χ0v) is 15.3. The molecule has 28 heavy (non-hydrogen) atoms. The van der Waals surface area contributed by atoms with Crippen molar-refractivity contribution in [1.29, 1.82) is 0 Å². The van der Waals surface area contributed by atoms with Crippen LogP contribution >= 0.6 is 0 Å². The van der Waals surface area contributed by atoms with E-state index < -0.39 is 5.91 Å². The standard InChI is InChI=1S/C21H21FN4O2/c22-16-8-12-18(13-9-16)24-21-26-25-20(28-21)19(27)23-17-10-6-15(7-11-17)14-4-2-1-3-5-14/h6-14H,1-5H2,(H,23,27)(H,24,26). The van der Waals surface area contributed by atoms with Crippen molar-refractivity contribution in [1.82, 2.24) is 10.2 Å². The second-order valence-corrected chi connectivity index (χ2v) is 6.96. The molecule has 1 aliphatic carbocycles. The molecule has 0 spiro atoms. The summed E-state index contributed by atoms with van der Waals surface area (Å²) in [4.78, 5) is 12.3. The van der Waals surface area contributed by atoms with Crippen molar-refractivity contribution in [2.24, 2.45) is 0 Å². The molecule has 0 unspecified atom stereocenters. The molecule has 0 aliphatic heterocycles. The minimum atomic E-state index is -0.481. The van der Waals surface area contributed by atoms with Gasteiger partial charge in [-0.05, 0) is 60.7 Å². The zero-order chi connectivity index (χ0) is 19.3. The zero-order valence-electron chi connectivity index (χ0n) is 15.3. The lowest BCUT2D eigenvalue weighted by Crippen LogP contribution is -2.12. The fraction of sp³-hybridized carbons (Fsp3) is 0.286. The van der Waals surface area contributed by atoms with Gasteiger partial charge < -0.3 is 15.1 Å². The molecule has 4 rings (SSSR count). The lowest BCUT2D eigenvalue weighted by atomic mass is 9.84. The number of hydrogen-bond donors (Lipinski definition) is 2. The average molecular weight is 380 g/mol. The molecule has 7 heteroatoms. The number of nitrogens with zero attached hydrogens (tertiary/aromatic N) is 2. The molecule has 0 saturated heterocycles. The Labute approximate surface area is 162 Å². The van der Waals surface area contributed by atoms with Gasteiger partial charge in [0.2, 0.25) is 0 Å². The van der Waals surface area contributed by atoms with Gasteiger partial charge in [-0.3, -0.25) is 4.79 Å². The first-order valence-electron chi connectivity index (χ1n) is 9.45. The molecule has 0 radical (unpaired) electrons. The van der Waals surface area contributed by atoms with Crippen LogP contribution in [0, 0.1) is 5.82 Å². The number of halogens is 1. The normalized spacial score (nSPS) is 14.6. The largest absolute Gasteiger partial charge is 0.399 e. The van der Waals surface area contributed by atoms with Crippen molar-refractivity contribution in [2.45, 2.75) is 38.0 Å². The summed E-state index contributed by atoms with van der Waals surface area (Å²) < 4.78 is 18.3.